The van der Waals surface area contributed by atoms with E-state index in [1.807, 2.05) is 37.3 Å². The van der Waals surface area contributed by atoms with Crippen LogP contribution in [-0.4, -0.2) is 22.7 Å². The first kappa shape index (κ1) is 20.5. The van der Waals surface area contributed by atoms with Crippen molar-refractivity contribution in [3.05, 3.63) is 53.6 Å². The van der Waals surface area contributed by atoms with Crippen LogP contribution >= 0.6 is 11.3 Å². The van der Waals surface area contributed by atoms with Gasteiger partial charge in [-0.05, 0) is 30.7 Å². The lowest BCUT2D eigenvalue weighted by Crippen LogP contribution is -2.29. The van der Waals surface area contributed by atoms with Crippen molar-refractivity contribution in [2.75, 3.05) is 10.6 Å². The lowest BCUT2D eigenvalue weighted by molar-refractivity contribution is -0.120. The maximum absolute atomic E-state index is 12.6. The summed E-state index contributed by atoms with van der Waals surface area (Å²) in [6.07, 6.45) is 0.0930. The Morgan fingerprint density at radius 3 is 2.38 bits per heavy atom. The summed E-state index contributed by atoms with van der Waals surface area (Å²) in [6.45, 7) is 4.86. The van der Waals surface area contributed by atoms with Crippen molar-refractivity contribution in [3.63, 3.8) is 0 Å². The lowest BCUT2D eigenvalue weighted by atomic mass is 10.0. The number of nitrogens with zero attached hydrogens (tertiary/aromatic N) is 1. The van der Waals surface area contributed by atoms with Crippen molar-refractivity contribution in [2.24, 2.45) is 0 Å². The van der Waals surface area contributed by atoms with Gasteiger partial charge in [-0.1, -0.05) is 41.2 Å². The molecule has 8 heteroatoms. The summed E-state index contributed by atoms with van der Waals surface area (Å²) in [4.78, 5) is 39.8. The Morgan fingerprint density at radius 1 is 1.00 bits per heavy atom. The third kappa shape index (κ3) is 5.61. The summed E-state index contributed by atoms with van der Waals surface area (Å²) in [6, 6.07) is 12.7. The molecular formula is C21H22N4O3S. The van der Waals surface area contributed by atoms with Gasteiger partial charge in [-0.15, -0.1) is 0 Å². The number of aryl methyl sites for hydroxylation is 1. The van der Waals surface area contributed by atoms with Crippen LogP contribution in [0.5, 0.6) is 0 Å². The third-order valence-corrected chi connectivity index (χ3v) is 5.14. The SMILES string of the molecule is CC(=O)Nc1ccc2nc(NC(=O)CC(NC(C)=O)c3ccc(C)cc3)sc2c1. The standard InChI is InChI=1S/C21H22N4O3S/c1-12-4-6-15(7-5-12)18(23-14(3)27)11-20(28)25-21-24-17-9-8-16(22-13(2)26)10-19(17)29-21/h4-10,18H,11H2,1-3H3,(H,22,26)(H,23,27)(H,24,25,28). The summed E-state index contributed by atoms with van der Waals surface area (Å²) in [7, 11) is 0. The quantitative estimate of drug-likeness (QED) is 0.576. The summed E-state index contributed by atoms with van der Waals surface area (Å²) < 4.78 is 0.850. The average Bonchev–Trinajstić information content (AvgIpc) is 3.02. The second-order valence-corrected chi connectivity index (χ2v) is 7.83. The van der Waals surface area contributed by atoms with Gasteiger partial charge in [0.25, 0.3) is 0 Å². The zero-order valence-electron chi connectivity index (χ0n) is 16.4. The van der Waals surface area contributed by atoms with Crippen LogP contribution in [0, 0.1) is 6.92 Å². The molecule has 1 unspecified atom stereocenters. The number of amides is 3. The number of thiazole rings is 1. The summed E-state index contributed by atoms with van der Waals surface area (Å²) in [5.41, 5.74) is 3.38. The summed E-state index contributed by atoms with van der Waals surface area (Å²) in [5, 5.41) is 8.83. The molecule has 1 atom stereocenters. The number of hydrogen-bond donors (Lipinski definition) is 3. The van der Waals surface area contributed by atoms with Gasteiger partial charge in [0.2, 0.25) is 17.7 Å². The molecule has 3 rings (SSSR count). The van der Waals surface area contributed by atoms with Crippen LogP contribution in [0.3, 0.4) is 0 Å². The Bertz CT molecular complexity index is 1060. The molecule has 0 aliphatic rings. The van der Waals surface area contributed by atoms with Gasteiger partial charge in [0.1, 0.15) is 0 Å². The van der Waals surface area contributed by atoms with Gasteiger partial charge in [-0.3, -0.25) is 14.4 Å². The van der Waals surface area contributed by atoms with E-state index in [0.29, 0.717) is 10.8 Å². The van der Waals surface area contributed by atoms with Crippen LogP contribution < -0.4 is 16.0 Å². The minimum Gasteiger partial charge on any atom is -0.349 e. The Balaban J connectivity index is 1.72. The van der Waals surface area contributed by atoms with Gasteiger partial charge in [0, 0.05) is 19.5 Å². The number of carbonyl (C=O) groups is 3. The molecule has 0 fully saturated rings. The van der Waals surface area contributed by atoms with Gasteiger partial charge in [0.15, 0.2) is 5.13 Å². The van der Waals surface area contributed by atoms with Gasteiger partial charge in [-0.25, -0.2) is 4.98 Å². The van der Waals surface area contributed by atoms with Gasteiger partial charge < -0.3 is 16.0 Å². The Kier molecular flexibility index (Phi) is 6.23. The molecule has 3 N–H and O–H groups in total. The topological polar surface area (TPSA) is 100 Å². The third-order valence-electron chi connectivity index (χ3n) is 4.20. The molecular weight excluding hydrogens is 388 g/mol. The molecule has 0 saturated heterocycles. The van der Waals surface area contributed by atoms with E-state index in [0.717, 1.165) is 21.3 Å². The zero-order valence-corrected chi connectivity index (χ0v) is 17.2. The fourth-order valence-electron chi connectivity index (χ4n) is 2.91. The minimum absolute atomic E-state index is 0.0930. The zero-order chi connectivity index (χ0) is 21.0. The highest BCUT2D eigenvalue weighted by Crippen LogP contribution is 2.29. The molecule has 1 aromatic heterocycles. The van der Waals surface area contributed by atoms with E-state index in [2.05, 4.69) is 20.9 Å². The molecule has 3 amide bonds. The number of carbonyl (C=O) groups excluding carboxylic acids is 3. The molecule has 0 spiro atoms. The second kappa shape index (κ2) is 8.83. The molecule has 150 valence electrons. The molecule has 7 nitrogen and oxygen atoms in total. The van der Waals surface area contributed by atoms with Crippen LogP contribution in [0.25, 0.3) is 10.2 Å². The first-order valence-corrected chi connectivity index (χ1v) is 9.93. The van der Waals surface area contributed by atoms with E-state index in [-0.39, 0.29) is 24.1 Å². The number of aromatic nitrogens is 1. The van der Waals surface area contributed by atoms with Gasteiger partial charge in [0.05, 0.1) is 22.7 Å². The van der Waals surface area contributed by atoms with E-state index in [9.17, 15) is 14.4 Å². The van der Waals surface area contributed by atoms with Crippen LogP contribution in [0.2, 0.25) is 0 Å². The number of benzene rings is 2. The number of rotatable bonds is 6. The fourth-order valence-corrected chi connectivity index (χ4v) is 3.83. The highest BCUT2D eigenvalue weighted by molar-refractivity contribution is 7.22. The molecule has 1 heterocycles. The maximum Gasteiger partial charge on any atom is 0.228 e. The molecule has 0 radical (unpaired) electrons. The number of nitrogens with one attached hydrogen (secondary N) is 3. The summed E-state index contributed by atoms with van der Waals surface area (Å²) >= 11 is 1.32. The Hall–Kier alpha value is -3.26. The predicted molar refractivity (Wildman–Crippen MR) is 115 cm³/mol. The molecule has 29 heavy (non-hydrogen) atoms. The largest absolute Gasteiger partial charge is 0.349 e. The van der Waals surface area contributed by atoms with Crippen molar-refractivity contribution < 1.29 is 14.4 Å². The molecule has 0 aliphatic carbocycles. The molecule has 0 saturated carbocycles. The van der Waals surface area contributed by atoms with E-state index < -0.39 is 6.04 Å². The molecule has 2 aromatic carbocycles. The number of hydrogen-bond acceptors (Lipinski definition) is 5. The van der Waals surface area contributed by atoms with Crippen molar-refractivity contribution in [1.29, 1.82) is 0 Å². The molecule has 3 aromatic rings. The first-order chi connectivity index (χ1) is 13.8. The van der Waals surface area contributed by atoms with Gasteiger partial charge >= 0.3 is 0 Å². The van der Waals surface area contributed by atoms with Crippen molar-refractivity contribution >= 4 is 50.1 Å². The molecule has 0 aliphatic heterocycles. The number of fused-ring (bicyclic) bond motifs is 1. The fraction of sp³-hybridized carbons (Fsp3) is 0.238. The van der Waals surface area contributed by atoms with Crippen molar-refractivity contribution in [2.45, 2.75) is 33.2 Å². The minimum atomic E-state index is -0.422. The second-order valence-electron chi connectivity index (χ2n) is 6.80. The number of anilines is 2. The lowest BCUT2D eigenvalue weighted by Gasteiger charge is -2.18. The van der Waals surface area contributed by atoms with E-state index in [1.165, 1.54) is 25.2 Å². The Morgan fingerprint density at radius 2 is 1.72 bits per heavy atom. The van der Waals surface area contributed by atoms with Crippen LogP contribution in [0.1, 0.15) is 37.4 Å². The molecule has 0 bridgehead atoms. The highest BCUT2D eigenvalue weighted by atomic mass is 32.1. The average molecular weight is 410 g/mol. The van der Waals surface area contributed by atoms with E-state index >= 15 is 0 Å². The monoisotopic (exact) mass is 410 g/mol. The summed E-state index contributed by atoms with van der Waals surface area (Å²) in [5.74, 6) is -0.596. The van der Waals surface area contributed by atoms with Crippen LogP contribution in [0.15, 0.2) is 42.5 Å². The smallest absolute Gasteiger partial charge is 0.228 e. The Labute approximate surface area is 172 Å². The highest BCUT2D eigenvalue weighted by Gasteiger charge is 2.18. The first-order valence-electron chi connectivity index (χ1n) is 9.12. The van der Waals surface area contributed by atoms with Crippen LogP contribution in [0.4, 0.5) is 10.8 Å². The van der Waals surface area contributed by atoms with E-state index in [1.54, 1.807) is 12.1 Å². The van der Waals surface area contributed by atoms with Crippen LogP contribution in [-0.2, 0) is 14.4 Å². The van der Waals surface area contributed by atoms with E-state index in [4.69, 9.17) is 0 Å². The van der Waals surface area contributed by atoms with Gasteiger partial charge in [-0.2, -0.15) is 0 Å². The van der Waals surface area contributed by atoms with Crippen molar-refractivity contribution in [1.82, 2.24) is 10.3 Å². The predicted octanol–water partition coefficient (Wildman–Crippen LogP) is 3.77. The van der Waals surface area contributed by atoms with Crippen molar-refractivity contribution in [3.8, 4) is 0 Å². The normalized spacial score (nSPS) is 11.7. The maximum atomic E-state index is 12.6.